The van der Waals surface area contributed by atoms with Crippen LogP contribution in [0.25, 0.3) is 0 Å². The molecule has 1 aliphatic carbocycles. The second kappa shape index (κ2) is 3.60. The molecule has 0 radical (unpaired) electrons. The third kappa shape index (κ3) is 1.50. The molecule has 0 spiro atoms. The Bertz CT molecular complexity index is 308. The molecule has 3 saturated heterocycles. The van der Waals surface area contributed by atoms with E-state index in [4.69, 9.17) is 19.9 Å². The Hall–Kier alpha value is -0.810. The van der Waals surface area contributed by atoms with E-state index < -0.39 is 6.09 Å². The predicted molar refractivity (Wildman–Crippen MR) is 54.4 cm³/mol. The molecule has 4 rings (SSSR count). The Kier molecular flexibility index (Phi) is 2.33. The van der Waals surface area contributed by atoms with Gasteiger partial charge in [-0.05, 0) is 18.8 Å². The first kappa shape index (κ1) is 10.4. The number of ether oxygens (including phenoxy) is 3. The highest BCUT2D eigenvalue weighted by Gasteiger charge is 2.52. The molecule has 4 bridgehead atoms. The molecule has 6 atom stereocenters. The maximum Gasteiger partial charge on any atom is 0.404 e. The second-order valence-corrected chi connectivity index (χ2v) is 5.15. The molecule has 3 heterocycles. The first-order chi connectivity index (χ1) is 7.65. The highest BCUT2D eigenvalue weighted by molar-refractivity contribution is 5.64. The van der Waals surface area contributed by atoms with Gasteiger partial charge in [0, 0.05) is 11.8 Å². The summed E-state index contributed by atoms with van der Waals surface area (Å²) in [5, 5.41) is 0. The maximum absolute atomic E-state index is 10.9. The van der Waals surface area contributed by atoms with E-state index in [-0.39, 0.29) is 24.4 Å². The van der Waals surface area contributed by atoms with Crippen molar-refractivity contribution >= 4 is 6.09 Å². The van der Waals surface area contributed by atoms with Gasteiger partial charge in [-0.3, -0.25) is 0 Å². The average Bonchev–Trinajstić information content (AvgIpc) is 2.33. The van der Waals surface area contributed by atoms with E-state index in [0.29, 0.717) is 18.4 Å². The Morgan fingerprint density at radius 3 is 3.00 bits per heavy atom. The SMILES string of the molecule is CC1CC2CC3OC2OCC1C3OC(N)=O. The van der Waals surface area contributed by atoms with E-state index in [2.05, 4.69) is 6.92 Å². The minimum Gasteiger partial charge on any atom is -0.443 e. The van der Waals surface area contributed by atoms with Gasteiger partial charge in [0.15, 0.2) is 6.29 Å². The minimum absolute atomic E-state index is 0.0278. The highest BCUT2D eigenvalue weighted by atomic mass is 16.7. The van der Waals surface area contributed by atoms with Crippen LogP contribution < -0.4 is 5.73 Å². The molecule has 1 amide bonds. The van der Waals surface area contributed by atoms with Crippen LogP contribution in [0.2, 0.25) is 0 Å². The van der Waals surface area contributed by atoms with E-state index in [0.717, 1.165) is 12.8 Å². The summed E-state index contributed by atoms with van der Waals surface area (Å²) < 4.78 is 16.7. The Morgan fingerprint density at radius 2 is 2.25 bits per heavy atom. The zero-order chi connectivity index (χ0) is 11.3. The molecular formula is C11H17NO4. The predicted octanol–water partition coefficient (Wildman–Crippen LogP) is 0.868. The van der Waals surface area contributed by atoms with Crippen molar-refractivity contribution < 1.29 is 19.0 Å². The number of fused-ring (bicyclic) bond motifs is 2. The first-order valence-corrected chi connectivity index (χ1v) is 5.88. The van der Waals surface area contributed by atoms with Gasteiger partial charge in [0.2, 0.25) is 0 Å². The van der Waals surface area contributed by atoms with Crippen LogP contribution in [0.1, 0.15) is 19.8 Å². The van der Waals surface area contributed by atoms with Crippen molar-refractivity contribution in [1.29, 1.82) is 0 Å². The van der Waals surface area contributed by atoms with Gasteiger partial charge in [-0.2, -0.15) is 0 Å². The van der Waals surface area contributed by atoms with Crippen molar-refractivity contribution in [3.05, 3.63) is 0 Å². The summed E-state index contributed by atoms with van der Waals surface area (Å²) in [5.74, 6) is 1.16. The van der Waals surface area contributed by atoms with Crippen molar-refractivity contribution in [3.8, 4) is 0 Å². The molecule has 5 heteroatoms. The molecule has 90 valence electrons. The standard InChI is InChI=1S/C11H17NO4/c1-5-2-6-3-8-9(16-11(12)13)7(5)4-14-10(6)15-8/h5-10H,2-4H2,1H3,(H2,12,13). The van der Waals surface area contributed by atoms with Gasteiger partial charge in [-0.15, -0.1) is 0 Å². The molecule has 16 heavy (non-hydrogen) atoms. The van der Waals surface area contributed by atoms with Crippen molar-refractivity contribution in [3.63, 3.8) is 0 Å². The van der Waals surface area contributed by atoms with Gasteiger partial charge in [-0.1, -0.05) is 6.92 Å². The van der Waals surface area contributed by atoms with Gasteiger partial charge in [0.25, 0.3) is 0 Å². The molecule has 4 aliphatic rings. The molecule has 1 saturated carbocycles. The molecule has 0 aromatic carbocycles. The zero-order valence-electron chi connectivity index (χ0n) is 9.30. The van der Waals surface area contributed by atoms with Crippen LogP contribution in [-0.2, 0) is 14.2 Å². The molecule has 4 fully saturated rings. The fraction of sp³-hybridized carbons (Fsp3) is 0.909. The summed E-state index contributed by atoms with van der Waals surface area (Å²) >= 11 is 0. The molecule has 2 N–H and O–H groups in total. The van der Waals surface area contributed by atoms with E-state index in [1.165, 1.54) is 0 Å². The van der Waals surface area contributed by atoms with Crippen molar-refractivity contribution in [2.24, 2.45) is 23.5 Å². The van der Waals surface area contributed by atoms with Gasteiger partial charge in [0.05, 0.1) is 12.7 Å². The normalized spacial score (nSPS) is 50.1. The van der Waals surface area contributed by atoms with Gasteiger partial charge in [0.1, 0.15) is 6.10 Å². The van der Waals surface area contributed by atoms with E-state index >= 15 is 0 Å². The summed E-state index contributed by atoms with van der Waals surface area (Å²) in [7, 11) is 0. The van der Waals surface area contributed by atoms with Crippen LogP contribution in [0, 0.1) is 17.8 Å². The number of hydrogen-bond donors (Lipinski definition) is 1. The fourth-order valence-corrected chi connectivity index (χ4v) is 3.36. The number of nitrogens with two attached hydrogens (primary N) is 1. The summed E-state index contributed by atoms with van der Waals surface area (Å²) in [6.07, 6.45) is 0.937. The van der Waals surface area contributed by atoms with Crippen LogP contribution in [-0.4, -0.2) is 31.2 Å². The Morgan fingerprint density at radius 1 is 1.44 bits per heavy atom. The lowest BCUT2D eigenvalue weighted by atomic mass is 9.86. The van der Waals surface area contributed by atoms with E-state index in [1.54, 1.807) is 0 Å². The summed E-state index contributed by atoms with van der Waals surface area (Å²) in [6, 6.07) is 0. The number of carbonyl (C=O) groups is 1. The molecule has 6 unspecified atom stereocenters. The van der Waals surface area contributed by atoms with Crippen LogP contribution in [0.15, 0.2) is 0 Å². The average molecular weight is 227 g/mol. The Balaban J connectivity index is 1.89. The van der Waals surface area contributed by atoms with Crippen LogP contribution in [0.3, 0.4) is 0 Å². The van der Waals surface area contributed by atoms with E-state index in [9.17, 15) is 4.79 Å². The number of amides is 1. The lowest BCUT2D eigenvalue weighted by Crippen LogP contribution is -2.41. The third-order valence-electron chi connectivity index (χ3n) is 4.13. The molecule has 3 aliphatic heterocycles. The van der Waals surface area contributed by atoms with Crippen LogP contribution in [0.4, 0.5) is 4.79 Å². The van der Waals surface area contributed by atoms with Crippen LogP contribution in [0.5, 0.6) is 0 Å². The van der Waals surface area contributed by atoms with Gasteiger partial charge >= 0.3 is 6.09 Å². The monoisotopic (exact) mass is 227 g/mol. The maximum atomic E-state index is 10.9. The highest BCUT2D eigenvalue weighted by Crippen LogP contribution is 2.46. The Labute approximate surface area is 94.2 Å². The minimum atomic E-state index is -0.713. The molecule has 0 aromatic heterocycles. The fourth-order valence-electron chi connectivity index (χ4n) is 3.36. The number of carbonyl (C=O) groups excluding carboxylic acids is 1. The zero-order valence-corrected chi connectivity index (χ0v) is 9.30. The smallest absolute Gasteiger partial charge is 0.404 e. The number of hydrogen-bond acceptors (Lipinski definition) is 4. The summed E-state index contributed by atoms with van der Waals surface area (Å²) in [4.78, 5) is 10.9. The summed E-state index contributed by atoms with van der Waals surface area (Å²) in [5.41, 5.74) is 5.12. The topological polar surface area (TPSA) is 70.8 Å². The lowest BCUT2D eigenvalue weighted by Gasteiger charge is -2.29. The van der Waals surface area contributed by atoms with Gasteiger partial charge < -0.3 is 19.9 Å². The number of rotatable bonds is 1. The van der Waals surface area contributed by atoms with E-state index in [1.807, 2.05) is 0 Å². The van der Waals surface area contributed by atoms with Crippen molar-refractivity contribution in [1.82, 2.24) is 0 Å². The van der Waals surface area contributed by atoms with Crippen molar-refractivity contribution in [2.45, 2.75) is 38.3 Å². The lowest BCUT2D eigenvalue weighted by molar-refractivity contribution is -0.139. The summed E-state index contributed by atoms with van der Waals surface area (Å²) in [6.45, 7) is 2.80. The molecule has 0 aromatic rings. The van der Waals surface area contributed by atoms with Gasteiger partial charge in [-0.25, -0.2) is 4.79 Å². The number of primary amides is 1. The van der Waals surface area contributed by atoms with Crippen LogP contribution >= 0.6 is 0 Å². The largest absolute Gasteiger partial charge is 0.443 e. The quantitative estimate of drug-likeness (QED) is 0.721. The second-order valence-electron chi connectivity index (χ2n) is 5.15. The van der Waals surface area contributed by atoms with Crippen molar-refractivity contribution in [2.75, 3.05) is 6.61 Å². The molecule has 5 nitrogen and oxygen atoms in total. The third-order valence-corrected chi connectivity index (χ3v) is 4.13. The molecular weight excluding hydrogens is 210 g/mol. The first-order valence-electron chi connectivity index (χ1n) is 5.88.